The molecule has 1 aromatic carbocycles. The van der Waals surface area contributed by atoms with Crippen LogP contribution in [0.25, 0.3) is 0 Å². The van der Waals surface area contributed by atoms with E-state index in [1.54, 1.807) is 0 Å². The Kier molecular flexibility index (Phi) is 1.53. The highest BCUT2D eigenvalue weighted by Crippen LogP contribution is 2.47. The van der Waals surface area contributed by atoms with E-state index in [0.717, 1.165) is 0 Å². The maximum Gasteiger partial charge on any atom is 0.586 e. The third-order valence-corrected chi connectivity index (χ3v) is 1.93. The Morgan fingerprint density at radius 2 is 2.00 bits per heavy atom. The van der Waals surface area contributed by atoms with Crippen molar-refractivity contribution in [3.8, 4) is 11.5 Å². The number of benzene rings is 1. The zero-order chi connectivity index (χ0) is 9.64. The van der Waals surface area contributed by atoms with Gasteiger partial charge in [0.2, 0.25) is 0 Å². The maximum absolute atomic E-state index is 12.5. The second-order valence-corrected chi connectivity index (χ2v) is 2.84. The van der Waals surface area contributed by atoms with Crippen LogP contribution in [-0.2, 0) is 0 Å². The summed E-state index contributed by atoms with van der Waals surface area (Å²) in [5.41, 5.74) is 5.54. The van der Waals surface area contributed by atoms with E-state index in [-0.39, 0.29) is 22.2 Å². The van der Waals surface area contributed by atoms with Crippen molar-refractivity contribution in [1.82, 2.24) is 0 Å². The lowest BCUT2D eigenvalue weighted by atomic mass is 10.3. The number of nitrogens with two attached hydrogens (primary N) is 1. The van der Waals surface area contributed by atoms with E-state index in [9.17, 15) is 8.78 Å². The number of nitrogen functional groups attached to an aromatic ring is 1. The van der Waals surface area contributed by atoms with Crippen LogP contribution >= 0.6 is 11.6 Å². The molecule has 0 fully saturated rings. The zero-order valence-electron chi connectivity index (χ0n) is 6.18. The smallest absolute Gasteiger partial charge is 0.397 e. The summed E-state index contributed by atoms with van der Waals surface area (Å²) in [6.45, 7) is 0. The third-order valence-electron chi connectivity index (χ3n) is 1.54. The van der Waals surface area contributed by atoms with E-state index >= 15 is 0 Å². The number of ether oxygens (including phenoxy) is 2. The fraction of sp³-hybridized carbons (Fsp3) is 0.143. The first-order chi connectivity index (χ1) is 5.99. The number of hydrogen-bond donors (Lipinski definition) is 1. The zero-order valence-corrected chi connectivity index (χ0v) is 6.94. The molecule has 13 heavy (non-hydrogen) atoms. The van der Waals surface area contributed by atoms with E-state index in [1.807, 2.05) is 0 Å². The van der Waals surface area contributed by atoms with Gasteiger partial charge < -0.3 is 15.2 Å². The summed E-state index contributed by atoms with van der Waals surface area (Å²) in [6.07, 6.45) is -3.65. The number of fused-ring (bicyclic) bond motifs is 1. The second-order valence-electron chi connectivity index (χ2n) is 2.46. The molecule has 3 nitrogen and oxygen atoms in total. The van der Waals surface area contributed by atoms with E-state index in [4.69, 9.17) is 17.3 Å². The Labute approximate surface area is 77.0 Å². The van der Waals surface area contributed by atoms with Crippen molar-refractivity contribution in [3.05, 3.63) is 17.2 Å². The summed E-state index contributed by atoms with van der Waals surface area (Å²) in [4.78, 5) is 0. The summed E-state index contributed by atoms with van der Waals surface area (Å²) in [5.74, 6) is -0.323. The molecule has 0 unspecified atom stereocenters. The summed E-state index contributed by atoms with van der Waals surface area (Å²) < 4.78 is 33.3. The fourth-order valence-electron chi connectivity index (χ4n) is 0.997. The second kappa shape index (κ2) is 2.38. The Hall–Kier alpha value is -1.23. The van der Waals surface area contributed by atoms with E-state index in [2.05, 4.69) is 9.47 Å². The highest BCUT2D eigenvalue weighted by molar-refractivity contribution is 6.34. The first-order valence-electron chi connectivity index (χ1n) is 3.33. The minimum Gasteiger partial charge on any atom is -0.397 e. The topological polar surface area (TPSA) is 44.5 Å². The lowest BCUT2D eigenvalue weighted by Crippen LogP contribution is -2.26. The molecule has 0 aromatic heterocycles. The van der Waals surface area contributed by atoms with Gasteiger partial charge in [0.1, 0.15) is 5.02 Å². The number of alkyl halides is 2. The lowest BCUT2D eigenvalue weighted by molar-refractivity contribution is -0.286. The van der Waals surface area contributed by atoms with Gasteiger partial charge in [0.05, 0.1) is 5.69 Å². The van der Waals surface area contributed by atoms with Gasteiger partial charge in [-0.3, -0.25) is 0 Å². The SMILES string of the molecule is Nc1ccc2c(c1Cl)OC(F)(F)O2. The Bertz CT molecular complexity index is 370. The molecule has 6 heteroatoms. The van der Waals surface area contributed by atoms with Crippen LogP contribution in [0, 0.1) is 0 Å². The minimum absolute atomic E-state index is 0.0605. The first-order valence-corrected chi connectivity index (χ1v) is 3.71. The number of anilines is 1. The summed E-state index contributed by atoms with van der Waals surface area (Å²) in [5, 5.41) is -0.0605. The molecule has 0 spiro atoms. The largest absolute Gasteiger partial charge is 0.586 e. The Balaban J connectivity index is 2.53. The molecule has 0 atom stereocenters. The van der Waals surface area contributed by atoms with Crippen molar-refractivity contribution in [2.24, 2.45) is 0 Å². The van der Waals surface area contributed by atoms with Gasteiger partial charge in [-0.1, -0.05) is 11.6 Å². The standard InChI is InChI=1S/C7H4ClF2NO2/c8-5-3(11)1-2-4-6(5)13-7(9,10)12-4/h1-2H,11H2. The average Bonchev–Trinajstić information content (AvgIpc) is 2.34. The fourth-order valence-corrected chi connectivity index (χ4v) is 1.19. The van der Waals surface area contributed by atoms with Gasteiger partial charge in [0, 0.05) is 0 Å². The minimum atomic E-state index is -3.65. The highest BCUT2D eigenvalue weighted by atomic mass is 35.5. The molecule has 2 N–H and O–H groups in total. The molecule has 1 aromatic rings. The van der Waals surface area contributed by atoms with Crippen molar-refractivity contribution in [3.63, 3.8) is 0 Å². The van der Waals surface area contributed by atoms with Crippen LogP contribution in [-0.4, -0.2) is 6.29 Å². The van der Waals surface area contributed by atoms with Crippen LogP contribution in [0.5, 0.6) is 11.5 Å². The van der Waals surface area contributed by atoms with Gasteiger partial charge in [0.15, 0.2) is 11.5 Å². The summed E-state index contributed by atoms with van der Waals surface area (Å²) in [7, 11) is 0. The van der Waals surface area contributed by atoms with Crippen molar-refractivity contribution in [2.45, 2.75) is 6.29 Å². The molecule has 0 saturated carbocycles. The molecule has 0 saturated heterocycles. The van der Waals surface area contributed by atoms with Crippen molar-refractivity contribution in [1.29, 1.82) is 0 Å². The molecule has 70 valence electrons. The van der Waals surface area contributed by atoms with Crippen molar-refractivity contribution >= 4 is 17.3 Å². The number of rotatable bonds is 0. The Morgan fingerprint density at radius 1 is 1.31 bits per heavy atom. The van der Waals surface area contributed by atoms with Gasteiger partial charge in [0.25, 0.3) is 0 Å². The van der Waals surface area contributed by atoms with Crippen molar-refractivity contribution in [2.75, 3.05) is 5.73 Å². The maximum atomic E-state index is 12.5. The normalized spacial score (nSPS) is 17.5. The number of hydrogen-bond acceptors (Lipinski definition) is 3. The predicted octanol–water partition coefficient (Wildman–Crippen LogP) is 2.24. The molecule has 0 amide bonds. The predicted molar refractivity (Wildman–Crippen MR) is 42.1 cm³/mol. The number of halogens is 3. The summed E-state index contributed by atoms with van der Waals surface area (Å²) >= 11 is 5.60. The van der Waals surface area contributed by atoms with Crippen LogP contribution in [0.4, 0.5) is 14.5 Å². The van der Waals surface area contributed by atoms with E-state index < -0.39 is 6.29 Å². The highest BCUT2D eigenvalue weighted by Gasteiger charge is 2.44. The molecular formula is C7H4ClF2NO2. The van der Waals surface area contributed by atoms with Crippen LogP contribution in [0.1, 0.15) is 0 Å². The van der Waals surface area contributed by atoms with Crippen LogP contribution in [0.15, 0.2) is 12.1 Å². The van der Waals surface area contributed by atoms with Gasteiger partial charge in [-0.05, 0) is 12.1 Å². The van der Waals surface area contributed by atoms with Crippen LogP contribution in [0.2, 0.25) is 5.02 Å². The van der Waals surface area contributed by atoms with Gasteiger partial charge >= 0.3 is 6.29 Å². The molecule has 0 radical (unpaired) electrons. The third kappa shape index (κ3) is 1.25. The van der Waals surface area contributed by atoms with E-state index in [1.165, 1.54) is 12.1 Å². The van der Waals surface area contributed by atoms with Gasteiger partial charge in [-0.2, -0.15) is 0 Å². The molecule has 1 heterocycles. The van der Waals surface area contributed by atoms with Crippen molar-refractivity contribution < 1.29 is 18.3 Å². The van der Waals surface area contributed by atoms with Gasteiger partial charge in [-0.15, -0.1) is 8.78 Å². The monoisotopic (exact) mass is 207 g/mol. The quantitative estimate of drug-likeness (QED) is 0.664. The summed E-state index contributed by atoms with van der Waals surface area (Å²) in [6, 6.07) is 2.64. The van der Waals surface area contributed by atoms with E-state index in [0.29, 0.717) is 0 Å². The molecule has 0 aliphatic carbocycles. The molecule has 0 bridgehead atoms. The first kappa shape index (κ1) is 8.37. The molecule has 2 rings (SSSR count). The average molecular weight is 208 g/mol. The van der Waals surface area contributed by atoms with Gasteiger partial charge in [-0.25, -0.2) is 0 Å². The van der Waals surface area contributed by atoms with Crippen LogP contribution < -0.4 is 15.2 Å². The van der Waals surface area contributed by atoms with Crippen LogP contribution in [0.3, 0.4) is 0 Å². The Morgan fingerprint density at radius 3 is 2.69 bits per heavy atom. The molecule has 1 aliphatic heterocycles. The molecule has 1 aliphatic rings. The molecular weight excluding hydrogens is 204 g/mol. The lowest BCUT2D eigenvalue weighted by Gasteiger charge is -2.04.